The first-order valence-electron chi connectivity index (χ1n) is 4.13. The molecule has 0 unspecified atom stereocenters. The number of hydrogen-bond acceptors (Lipinski definition) is 3. The number of ether oxygens (including phenoxy) is 2. The fraction of sp³-hybridized carbons (Fsp3) is 0.300. The highest BCUT2D eigenvalue weighted by atomic mass is 16.5. The molecule has 1 N–H and O–H groups in total. The van der Waals surface area contributed by atoms with Crippen molar-refractivity contribution in [3.8, 4) is 5.75 Å². The quantitative estimate of drug-likeness (QED) is 0.707. The van der Waals surface area contributed by atoms with E-state index in [9.17, 15) is 0 Å². The largest absolute Gasteiger partial charge is 0.497 e. The van der Waals surface area contributed by atoms with Gasteiger partial charge in [-0.1, -0.05) is 6.07 Å². The first-order chi connectivity index (χ1) is 6.31. The third-order valence-corrected chi connectivity index (χ3v) is 2.15. The van der Waals surface area contributed by atoms with Crippen molar-refractivity contribution >= 4 is 5.71 Å². The topological polar surface area (TPSA) is 42.3 Å². The predicted octanol–water partition coefficient (Wildman–Crippen LogP) is 1.59. The van der Waals surface area contributed by atoms with Crippen LogP contribution in [0.2, 0.25) is 0 Å². The van der Waals surface area contributed by atoms with Crippen LogP contribution >= 0.6 is 0 Å². The van der Waals surface area contributed by atoms with E-state index in [1.165, 1.54) is 0 Å². The third-order valence-electron chi connectivity index (χ3n) is 2.15. The summed E-state index contributed by atoms with van der Waals surface area (Å²) in [6.45, 7) is 1.00. The van der Waals surface area contributed by atoms with Crippen LogP contribution in [-0.4, -0.2) is 19.4 Å². The fourth-order valence-corrected chi connectivity index (χ4v) is 1.43. The Morgan fingerprint density at radius 2 is 2.23 bits per heavy atom. The van der Waals surface area contributed by atoms with Gasteiger partial charge >= 0.3 is 0 Å². The highest BCUT2D eigenvalue weighted by Gasteiger charge is 2.14. The van der Waals surface area contributed by atoms with Crippen molar-refractivity contribution in [2.45, 2.75) is 6.61 Å². The first-order valence-corrected chi connectivity index (χ1v) is 4.13. The average molecular weight is 177 g/mol. The van der Waals surface area contributed by atoms with E-state index in [-0.39, 0.29) is 0 Å². The summed E-state index contributed by atoms with van der Waals surface area (Å²) in [6.07, 6.45) is 0. The van der Waals surface area contributed by atoms with Crippen LogP contribution < -0.4 is 4.74 Å². The normalized spacial score (nSPS) is 15.3. The van der Waals surface area contributed by atoms with Gasteiger partial charge in [0.05, 0.1) is 26.0 Å². The highest BCUT2D eigenvalue weighted by molar-refractivity contribution is 6.01. The van der Waals surface area contributed by atoms with Crippen LogP contribution in [0.3, 0.4) is 0 Å². The lowest BCUT2D eigenvalue weighted by Gasteiger charge is -2.17. The minimum Gasteiger partial charge on any atom is -0.497 e. The maximum atomic E-state index is 7.66. The van der Waals surface area contributed by atoms with Gasteiger partial charge in [-0.05, 0) is 17.7 Å². The maximum Gasteiger partial charge on any atom is 0.119 e. The molecule has 0 atom stereocenters. The Hall–Kier alpha value is -1.35. The van der Waals surface area contributed by atoms with Crippen molar-refractivity contribution in [3.63, 3.8) is 0 Å². The lowest BCUT2D eigenvalue weighted by atomic mass is 10.0. The van der Waals surface area contributed by atoms with Gasteiger partial charge in [-0.15, -0.1) is 0 Å². The molecule has 0 amide bonds. The summed E-state index contributed by atoms with van der Waals surface area (Å²) in [5.41, 5.74) is 2.54. The van der Waals surface area contributed by atoms with Crippen LogP contribution in [0.15, 0.2) is 18.2 Å². The Morgan fingerprint density at radius 1 is 1.38 bits per heavy atom. The molecule has 3 nitrogen and oxygen atoms in total. The molecule has 0 radical (unpaired) electrons. The smallest absolute Gasteiger partial charge is 0.119 e. The Bertz CT molecular complexity index is 347. The Labute approximate surface area is 76.8 Å². The molecular weight excluding hydrogens is 166 g/mol. The first kappa shape index (κ1) is 8.26. The molecular formula is C10H11NO2. The summed E-state index contributed by atoms with van der Waals surface area (Å²) in [7, 11) is 1.63. The molecule has 0 bridgehead atoms. The van der Waals surface area contributed by atoms with Crippen LogP contribution in [0.1, 0.15) is 11.1 Å². The number of rotatable bonds is 1. The summed E-state index contributed by atoms with van der Waals surface area (Å²) in [6, 6.07) is 5.73. The van der Waals surface area contributed by atoms with Gasteiger partial charge in [0.15, 0.2) is 0 Å². The molecule has 0 spiro atoms. The van der Waals surface area contributed by atoms with Crippen LogP contribution in [0.25, 0.3) is 0 Å². The van der Waals surface area contributed by atoms with E-state index in [1.807, 2.05) is 18.2 Å². The minimum atomic E-state index is 0.403. The van der Waals surface area contributed by atoms with Crippen molar-refractivity contribution in [3.05, 3.63) is 29.3 Å². The van der Waals surface area contributed by atoms with Crippen LogP contribution in [-0.2, 0) is 11.3 Å². The molecule has 1 aromatic rings. The van der Waals surface area contributed by atoms with E-state index in [1.54, 1.807) is 7.11 Å². The van der Waals surface area contributed by atoms with Gasteiger partial charge in [-0.25, -0.2) is 0 Å². The lowest BCUT2D eigenvalue weighted by molar-refractivity contribution is 0.151. The summed E-state index contributed by atoms with van der Waals surface area (Å²) < 4.78 is 10.3. The van der Waals surface area contributed by atoms with Crippen molar-refractivity contribution in [1.29, 1.82) is 5.41 Å². The van der Waals surface area contributed by atoms with Crippen molar-refractivity contribution in [2.24, 2.45) is 0 Å². The zero-order valence-corrected chi connectivity index (χ0v) is 7.46. The standard InChI is InChI=1S/C10H11NO2/c1-12-8-3-2-7-5-13-6-10(11)9(7)4-8/h2-4,11H,5-6H2,1H3. The van der Waals surface area contributed by atoms with E-state index >= 15 is 0 Å². The van der Waals surface area contributed by atoms with Crippen LogP contribution in [0.5, 0.6) is 5.75 Å². The summed E-state index contributed by atoms with van der Waals surface area (Å²) >= 11 is 0. The van der Waals surface area contributed by atoms with Crippen molar-refractivity contribution < 1.29 is 9.47 Å². The number of nitrogens with one attached hydrogen (secondary N) is 1. The van der Waals surface area contributed by atoms with E-state index in [0.717, 1.165) is 16.9 Å². The minimum absolute atomic E-state index is 0.403. The average Bonchev–Trinajstić information content (AvgIpc) is 2.18. The molecule has 0 aromatic heterocycles. The summed E-state index contributed by atoms with van der Waals surface area (Å²) in [5.74, 6) is 0.797. The van der Waals surface area contributed by atoms with Gasteiger partial charge in [-0.3, -0.25) is 0 Å². The second kappa shape index (κ2) is 3.18. The number of methoxy groups -OCH3 is 1. The second-order valence-electron chi connectivity index (χ2n) is 2.99. The molecule has 2 rings (SSSR count). The van der Waals surface area contributed by atoms with Crippen LogP contribution in [0.4, 0.5) is 0 Å². The molecule has 1 aromatic carbocycles. The highest BCUT2D eigenvalue weighted by Crippen LogP contribution is 2.21. The molecule has 3 heteroatoms. The van der Waals surface area contributed by atoms with Gasteiger partial charge in [0.1, 0.15) is 5.75 Å². The number of benzene rings is 1. The zero-order chi connectivity index (χ0) is 9.26. The van der Waals surface area contributed by atoms with Gasteiger partial charge in [0, 0.05) is 5.56 Å². The van der Waals surface area contributed by atoms with Gasteiger partial charge < -0.3 is 14.9 Å². The number of hydrogen-bond donors (Lipinski definition) is 1. The Balaban J connectivity index is 2.47. The molecule has 1 heterocycles. The number of fused-ring (bicyclic) bond motifs is 1. The van der Waals surface area contributed by atoms with Gasteiger partial charge in [0.2, 0.25) is 0 Å². The third kappa shape index (κ3) is 1.42. The Morgan fingerprint density at radius 3 is 3.00 bits per heavy atom. The fourth-order valence-electron chi connectivity index (χ4n) is 1.43. The van der Waals surface area contributed by atoms with E-state index in [4.69, 9.17) is 14.9 Å². The van der Waals surface area contributed by atoms with Crippen LogP contribution in [0, 0.1) is 5.41 Å². The van der Waals surface area contributed by atoms with Crippen molar-refractivity contribution in [2.75, 3.05) is 13.7 Å². The molecule has 13 heavy (non-hydrogen) atoms. The SMILES string of the molecule is COc1ccc2c(c1)C(=N)COC2. The van der Waals surface area contributed by atoms with Gasteiger partial charge in [0.25, 0.3) is 0 Å². The molecule has 1 aliphatic heterocycles. The molecule has 0 fully saturated rings. The molecule has 0 saturated carbocycles. The molecule has 0 aliphatic carbocycles. The second-order valence-corrected chi connectivity index (χ2v) is 2.99. The Kier molecular flexibility index (Phi) is 2.02. The van der Waals surface area contributed by atoms with Gasteiger partial charge in [-0.2, -0.15) is 0 Å². The van der Waals surface area contributed by atoms with E-state index in [2.05, 4.69) is 0 Å². The monoisotopic (exact) mass is 177 g/mol. The molecule has 1 aliphatic rings. The predicted molar refractivity (Wildman–Crippen MR) is 49.5 cm³/mol. The zero-order valence-electron chi connectivity index (χ0n) is 7.46. The summed E-state index contributed by atoms with van der Waals surface area (Å²) in [5, 5.41) is 7.66. The summed E-state index contributed by atoms with van der Waals surface area (Å²) in [4.78, 5) is 0. The lowest BCUT2D eigenvalue weighted by Crippen LogP contribution is -2.17. The molecule has 0 saturated heterocycles. The molecule has 68 valence electrons. The van der Waals surface area contributed by atoms with E-state index in [0.29, 0.717) is 18.9 Å². The maximum absolute atomic E-state index is 7.66. The van der Waals surface area contributed by atoms with Crippen molar-refractivity contribution in [1.82, 2.24) is 0 Å². The van der Waals surface area contributed by atoms with E-state index < -0.39 is 0 Å².